The Morgan fingerprint density at radius 3 is 2.11 bits per heavy atom. The van der Waals surface area contributed by atoms with E-state index in [2.05, 4.69) is 0 Å². The van der Waals surface area contributed by atoms with Crippen molar-refractivity contribution in [2.45, 2.75) is 26.8 Å². The normalized spacial score (nSPS) is 16.9. The van der Waals surface area contributed by atoms with Gasteiger partial charge in [0, 0.05) is 31.4 Å². The van der Waals surface area contributed by atoms with Gasteiger partial charge >= 0.3 is 0 Å². The van der Waals surface area contributed by atoms with E-state index >= 15 is 0 Å². The number of aliphatic hydroxyl groups is 1. The summed E-state index contributed by atoms with van der Waals surface area (Å²) in [5.74, 6) is -1.55. The fourth-order valence-corrected chi connectivity index (χ4v) is 3.41. The van der Waals surface area contributed by atoms with Crippen LogP contribution in [0.25, 0.3) is 0 Å². The lowest BCUT2D eigenvalue weighted by Crippen LogP contribution is -2.31. The molecule has 2 aromatic rings. The van der Waals surface area contributed by atoms with Crippen molar-refractivity contribution in [1.82, 2.24) is 0 Å². The number of benzene rings is 2. The van der Waals surface area contributed by atoms with E-state index in [0.717, 1.165) is 16.8 Å². The van der Waals surface area contributed by atoms with E-state index in [0.29, 0.717) is 5.69 Å². The number of hydrogen-bond acceptors (Lipinski definition) is 4. The summed E-state index contributed by atoms with van der Waals surface area (Å²) in [5, 5.41) is 10.6. The van der Waals surface area contributed by atoms with E-state index in [1.165, 1.54) is 4.90 Å². The van der Waals surface area contributed by atoms with Crippen molar-refractivity contribution in [1.29, 1.82) is 0 Å². The van der Waals surface area contributed by atoms with Gasteiger partial charge in [0.15, 0.2) is 11.5 Å². The Bertz CT molecular complexity index is 925. The Labute approximate surface area is 165 Å². The van der Waals surface area contributed by atoms with Crippen LogP contribution in [0.2, 0.25) is 0 Å². The topological polar surface area (TPSA) is 60.9 Å². The minimum Gasteiger partial charge on any atom is -0.503 e. The van der Waals surface area contributed by atoms with Crippen LogP contribution in [0.5, 0.6) is 0 Å². The monoisotopic (exact) mass is 378 g/mol. The van der Waals surface area contributed by atoms with Gasteiger partial charge in [0.1, 0.15) is 0 Å². The molecule has 5 nitrogen and oxygen atoms in total. The third kappa shape index (κ3) is 3.40. The van der Waals surface area contributed by atoms with Crippen molar-refractivity contribution in [2.75, 3.05) is 23.9 Å². The molecule has 1 aliphatic rings. The Morgan fingerprint density at radius 1 is 1.04 bits per heavy atom. The van der Waals surface area contributed by atoms with Crippen LogP contribution < -0.4 is 9.80 Å². The van der Waals surface area contributed by atoms with Gasteiger partial charge in [-0.3, -0.25) is 14.5 Å². The molecule has 0 aliphatic carbocycles. The van der Waals surface area contributed by atoms with E-state index < -0.39 is 17.7 Å². The Balaban J connectivity index is 2.15. The highest BCUT2D eigenvalue weighted by Gasteiger charge is 2.44. The van der Waals surface area contributed by atoms with E-state index in [-0.39, 0.29) is 17.3 Å². The highest BCUT2D eigenvalue weighted by atomic mass is 16.3. The molecule has 0 spiro atoms. The van der Waals surface area contributed by atoms with Crippen molar-refractivity contribution in [2.24, 2.45) is 5.92 Å². The summed E-state index contributed by atoms with van der Waals surface area (Å²) < 4.78 is 0. The first-order chi connectivity index (χ1) is 13.2. The summed E-state index contributed by atoms with van der Waals surface area (Å²) >= 11 is 0. The molecule has 0 aromatic heterocycles. The third-order valence-corrected chi connectivity index (χ3v) is 5.04. The van der Waals surface area contributed by atoms with E-state index in [4.69, 9.17) is 0 Å². The zero-order valence-electron chi connectivity index (χ0n) is 16.9. The van der Waals surface area contributed by atoms with E-state index in [1.54, 1.807) is 13.8 Å². The quantitative estimate of drug-likeness (QED) is 0.848. The molecule has 0 radical (unpaired) electrons. The minimum absolute atomic E-state index is 0.165. The van der Waals surface area contributed by atoms with Gasteiger partial charge in [0.05, 0.1) is 11.6 Å². The van der Waals surface area contributed by atoms with Crippen LogP contribution in [0.1, 0.15) is 31.0 Å². The first-order valence-electron chi connectivity index (χ1n) is 9.37. The highest BCUT2D eigenvalue weighted by Crippen LogP contribution is 2.42. The van der Waals surface area contributed by atoms with Crippen molar-refractivity contribution in [3.63, 3.8) is 0 Å². The van der Waals surface area contributed by atoms with Crippen LogP contribution in [0.15, 0.2) is 59.9 Å². The number of Topliss-reactive ketones (excluding diaryl/α,β-unsaturated/α-hetero) is 1. The first-order valence-corrected chi connectivity index (χ1v) is 9.37. The molecular formula is C23H26N2O3. The Morgan fingerprint density at radius 2 is 1.61 bits per heavy atom. The fourth-order valence-electron chi connectivity index (χ4n) is 3.41. The summed E-state index contributed by atoms with van der Waals surface area (Å²) in [6.07, 6.45) is 0. The average molecular weight is 378 g/mol. The SMILES string of the molecule is Cc1ccc(N2C(=O)C(O)=C(C(=O)C(C)C)C2c2ccc(N(C)C)cc2)cc1. The first kappa shape index (κ1) is 19.7. The molecule has 1 aliphatic heterocycles. The summed E-state index contributed by atoms with van der Waals surface area (Å²) in [6.45, 7) is 5.51. The maximum atomic E-state index is 12.9. The number of hydrogen-bond donors (Lipinski definition) is 1. The van der Waals surface area contributed by atoms with Crippen LogP contribution in [0.4, 0.5) is 11.4 Å². The Hall–Kier alpha value is -3.08. The van der Waals surface area contributed by atoms with Crippen LogP contribution in [-0.4, -0.2) is 30.9 Å². The number of aliphatic hydroxyl groups excluding tert-OH is 1. The second-order valence-electron chi connectivity index (χ2n) is 7.68. The molecule has 146 valence electrons. The average Bonchev–Trinajstić information content (AvgIpc) is 2.93. The van der Waals surface area contributed by atoms with Crippen molar-refractivity contribution >= 4 is 23.1 Å². The summed E-state index contributed by atoms with van der Waals surface area (Å²) in [4.78, 5) is 29.3. The molecule has 28 heavy (non-hydrogen) atoms. The smallest absolute Gasteiger partial charge is 0.294 e. The Kier molecular flexibility index (Phi) is 5.27. The fraction of sp³-hybridized carbons (Fsp3) is 0.304. The summed E-state index contributed by atoms with van der Waals surface area (Å²) in [5.41, 5.74) is 3.68. The molecule has 0 saturated heterocycles. The van der Waals surface area contributed by atoms with E-state index in [9.17, 15) is 14.7 Å². The number of rotatable bonds is 5. The zero-order valence-corrected chi connectivity index (χ0v) is 16.9. The van der Waals surface area contributed by atoms with Gasteiger partial charge < -0.3 is 10.0 Å². The van der Waals surface area contributed by atoms with Gasteiger partial charge in [-0.2, -0.15) is 0 Å². The van der Waals surface area contributed by atoms with Gasteiger partial charge in [-0.25, -0.2) is 0 Å². The lowest BCUT2D eigenvalue weighted by atomic mass is 9.91. The van der Waals surface area contributed by atoms with Crippen LogP contribution >= 0.6 is 0 Å². The molecule has 2 aromatic carbocycles. The van der Waals surface area contributed by atoms with Crippen molar-refractivity contribution in [3.05, 3.63) is 71.0 Å². The van der Waals surface area contributed by atoms with Crippen molar-refractivity contribution < 1.29 is 14.7 Å². The molecule has 1 heterocycles. The van der Waals surface area contributed by atoms with Gasteiger partial charge in [-0.15, -0.1) is 0 Å². The number of carbonyl (C=O) groups excluding carboxylic acids is 2. The molecule has 1 amide bonds. The van der Waals surface area contributed by atoms with Crippen LogP contribution in [0, 0.1) is 12.8 Å². The number of nitrogens with zero attached hydrogens (tertiary/aromatic N) is 2. The van der Waals surface area contributed by atoms with Gasteiger partial charge in [0.2, 0.25) is 0 Å². The summed E-state index contributed by atoms with van der Waals surface area (Å²) in [7, 11) is 3.90. The van der Waals surface area contributed by atoms with Gasteiger partial charge in [0.25, 0.3) is 5.91 Å². The standard InChI is InChI=1S/C23H26N2O3/c1-14(2)21(26)19-20(16-8-12-17(13-9-16)24(4)5)25(23(28)22(19)27)18-10-6-15(3)7-11-18/h6-14,20,27H,1-5H3. The van der Waals surface area contributed by atoms with Crippen molar-refractivity contribution in [3.8, 4) is 0 Å². The molecule has 0 saturated carbocycles. The molecular weight excluding hydrogens is 352 g/mol. The molecule has 1 unspecified atom stereocenters. The zero-order chi connectivity index (χ0) is 20.6. The van der Waals surface area contributed by atoms with Crippen LogP contribution in [0.3, 0.4) is 0 Å². The molecule has 0 fully saturated rings. The molecule has 3 rings (SSSR count). The van der Waals surface area contributed by atoms with Gasteiger partial charge in [-0.1, -0.05) is 43.7 Å². The number of anilines is 2. The second kappa shape index (κ2) is 7.50. The maximum absolute atomic E-state index is 12.9. The van der Waals surface area contributed by atoms with E-state index in [1.807, 2.05) is 74.4 Å². The third-order valence-electron chi connectivity index (χ3n) is 5.04. The van der Waals surface area contributed by atoms with Crippen LogP contribution in [-0.2, 0) is 9.59 Å². The largest absolute Gasteiger partial charge is 0.503 e. The second-order valence-corrected chi connectivity index (χ2v) is 7.68. The number of aryl methyl sites for hydroxylation is 1. The molecule has 1 N–H and O–H groups in total. The molecule has 1 atom stereocenters. The lowest BCUT2D eigenvalue weighted by Gasteiger charge is -2.28. The minimum atomic E-state index is -0.652. The highest BCUT2D eigenvalue weighted by molar-refractivity contribution is 6.16. The number of carbonyl (C=O) groups is 2. The summed E-state index contributed by atoms with van der Waals surface area (Å²) in [6, 6.07) is 14.5. The lowest BCUT2D eigenvalue weighted by molar-refractivity contribution is -0.119. The predicted octanol–water partition coefficient (Wildman–Crippen LogP) is 4.19. The van der Waals surface area contributed by atoms with Gasteiger partial charge in [-0.05, 0) is 36.8 Å². The predicted molar refractivity (Wildman–Crippen MR) is 112 cm³/mol. The molecule has 0 bridgehead atoms. The number of amides is 1. The number of ketones is 1. The molecule has 5 heteroatoms. The maximum Gasteiger partial charge on any atom is 0.294 e.